The molecule has 3 rings (SSSR count). The second-order valence-electron chi connectivity index (χ2n) is 6.74. The summed E-state index contributed by atoms with van der Waals surface area (Å²) >= 11 is 1.64. The fraction of sp³-hybridized carbons (Fsp3) is 0.300. The summed E-state index contributed by atoms with van der Waals surface area (Å²) in [5.74, 6) is 0.471. The van der Waals surface area contributed by atoms with E-state index in [0.29, 0.717) is 11.5 Å². The van der Waals surface area contributed by atoms with Crippen molar-refractivity contribution < 1.29 is 32.6 Å². The Morgan fingerprint density at radius 2 is 1.58 bits per heavy atom. The molecule has 1 aliphatic heterocycles. The smallest absolute Gasteiger partial charge is 0.328 e. The fourth-order valence-electron chi connectivity index (χ4n) is 2.52. The first-order chi connectivity index (χ1) is 14.2. The Morgan fingerprint density at radius 1 is 1.06 bits per heavy atom. The van der Waals surface area contributed by atoms with Crippen molar-refractivity contribution in [2.24, 2.45) is 5.73 Å². The molecule has 1 fully saturated rings. The van der Waals surface area contributed by atoms with E-state index in [1.54, 1.807) is 36.0 Å². The SMILES string of the molecule is Cl.N[C@@H](CCC(=O)O)C(=O)Oc1ccc(Oc2ccc(S(=O)(=O)CC3CS3)cc2)cc1. The zero-order valence-electron chi connectivity index (χ0n) is 16.3. The second-order valence-corrected chi connectivity index (χ2v) is 10.1. The molecule has 0 aliphatic carbocycles. The first-order valence-corrected chi connectivity index (χ1v) is 11.8. The molecule has 2 atom stereocenters. The summed E-state index contributed by atoms with van der Waals surface area (Å²) in [5, 5.41) is 8.82. The predicted molar refractivity (Wildman–Crippen MR) is 119 cm³/mol. The van der Waals surface area contributed by atoms with Gasteiger partial charge in [-0.2, -0.15) is 11.8 Å². The van der Waals surface area contributed by atoms with Gasteiger partial charge in [0.1, 0.15) is 23.3 Å². The summed E-state index contributed by atoms with van der Waals surface area (Å²) in [6.45, 7) is 0. The van der Waals surface area contributed by atoms with E-state index in [4.69, 9.17) is 20.3 Å². The number of carbonyl (C=O) groups excluding carboxylic acids is 1. The van der Waals surface area contributed by atoms with Crippen molar-refractivity contribution in [2.75, 3.05) is 11.5 Å². The van der Waals surface area contributed by atoms with E-state index >= 15 is 0 Å². The van der Waals surface area contributed by atoms with Crippen LogP contribution in [0, 0.1) is 0 Å². The van der Waals surface area contributed by atoms with Gasteiger partial charge in [-0.1, -0.05) is 0 Å². The number of hydrogen-bond donors (Lipinski definition) is 2. The van der Waals surface area contributed by atoms with Crippen LogP contribution in [0.25, 0.3) is 0 Å². The van der Waals surface area contributed by atoms with E-state index in [1.165, 1.54) is 24.3 Å². The van der Waals surface area contributed by atoms with Gasteiger partial charge in [0.05, 0.1) is 10.6 Å². The summed E-state index contributed by atoms with van der Waals surface area (Å²) in [5.41, 5.74) is 5.61. The molecule has 0 spiro atoms. The number of hydrogen-bond acceptors (Lipinski definition) is 8. The van der Waals surface area contributed by atoms with Crippen LogP contribution in [0.1, 0.15) is 12.8 Å². The van der Waals surface area contributed by atoms with Crippen molar-refractivity contribution in [1.29, 1.82) is 0 Å². The lowest BCUT2D eigenvalue weighted by Gasteiger charge is -2.11. The van der Waals surface area contributed by atoms with Gasteiger partial charge in [0, 0.05) is 17.4 Å². The monoisotopic (exact) mass is 487 g/mol. The third kappa shape index (κ3) is 7.73. The van der Waals surface area contributed by atoms with Crippen molar-refractivity contribution in [3.8, 4) is 17.2 Å². The number of ether oxygens (including phenoxy) is 2. The van der Waals surface area contributed by atoms with Crippen molar-refractivity contribution in [1.82, 2.24) is 0 Å². The highest BCUT2D eigenvalue weighted by Gasteiger charge is 2.29. The van der Waals surface area contributed by atoms with Gasteiger partial charge in [-0.15, -0.1) is 12.4 Å². The molecule has 11 heteroatoms. The normalized spacial score (nSPS) is 16.0. The molecule has 2 aromatic rings. The molecule has 0 bridgehead atoms. The number of rotatable bonds is 10. The Balaban J connectivity index is 0.00000341. The van der Waals surface area contributed by atoms with Gasteiger partial charge in [0.25, 0.3) is 0 Å². The summed E-state index contributed by atoms with van der Waals surface area (Å²) in [4.78, 5) is 22.7. The minimum absolute atomic E-state index is 0. The van der Waals surface area contributed by atoms with Crippen LogP contribution in [-0.2, 0) is 19.4 Å². The van der Waals surface area contributed by atoms with Gasteiger partial charge >= 0.3 is 11.9 Å². The molecule has 168 valence electrons. The number of carbonyl (C=O) groups is 2. The molecule has 1 heterocycles. The van der Waals surface area contributed by atoms with Gasteiger partial charge in [-0.25, -0.2) is 13.2 Å². The average molecular weight is 488 g/mol. The first-order valence-electron chi connectivity index (χ1n) is 9.14. The van der Waals surface area contributed by atoms with Crippen molar-refractivity contribution in [3.63, 3.8) is 0 Å². The lowest BCUT2D eigenvalue weighted by molar-refractivity contribution is -0.138. The van der Waals surface area contributed by atoms with E-state index in [9.17, 15) is 18.0 Å². The van der Waals surface area contributed by atoms with E-state index in [1.807, 2.05) is 0 Å². The Bertz CT molecular complexity index is 1010. The highest BCUT2D eigenvalue weighted by molar-refractivity contribution is 8.08. The Labute approximate surface area is 190 Å². The first kappa shape index (κ1) is 25.0. The summed E-state index contributed by atoms with van der Waals surface area (Å²) in [7, 11) is -3.29. The summed E-state index contributed by atoms with van der Waals surface area (Å²) in [6.07, 6.45) is -0.233. The maximum atomic E-state index is 12.3. The fourth-order valence-corrected chi connectivity index (χ4v) is 5.20. The molecular formula is C20H22ClNO7S2. The van der Waals surface area contributed by atoms with Crippen LogP contribution in [0.5, 0.6) is 17.2 Å². The van der Waals surface area contributed by atoms with Crippen LogP contribution in [-0.4, -0.2) is 48.3 Å². The van der Waals surface area contributed by atoms with E-state index in [2.05, 4.69) is 0 Å². The molecule has 0 saturated carbocycles. The Morgan fingerprint density at radius 3 is 2.10 bits per heavy atom. The van der Waals surface area contributed by atoms with Crippen LogP contribution in [0.2, 0.25) is 0 Å². The number of carboxylic acid groups (broad SMARTS) is 1. The van der Waals surface area contributed by atoms with Crippen LogP contribution in [0.4, 0.5) is 0 Å². The van der Waals surface area contributed by atoms with Crippen LogP contribution in [0.3, 0.4) is 0 Å². The summed E-state index contributed by atoms with van der Waals surface area (Å²) < 4.78 is 35.3. The van der Waals surface area contributed by atoms with Crippen LogP contribution in [0.15, 0.2) is 53.4 Å². The van der Waals surface area contributed by atoms with Crippen molar-refractivity contribution in [2.45, 2.75) is 29.0 Å². The van der Waals surface area contributed by atoms with Gasteiger partial charge in [0.15, 0.2) is 9.84 Å². The molecule has 0 aromatic heterocycles. The number of nitrogens with two attached hydrogens (primary N) is 1. The van der Waals surface area contributed by atoms with Gasteiger partial charge in [-0.05, 0) is 55.0 Å². The molecule has 2 aromatic carbocycles. The topological polar surface area (TPSA) is 133 Å². The Hall–Kier alpha value is -2.27. The van der Waals surface area contributed by atoms with E-state index in [-0.39, 0.29) is 46.9 Å². The lowest BCUT2D eigenvalue weighted by Crippen LogP contribution is -2.34. The molecule has 1 saturated heterocycles. The third-order valence-corrected chi connectivity index (χ3v) is 7.25. The van der Waals surface area contributed by atoms with Gasteiger partial charge < -0.3 is 20.3 Å². The number of benzene rings is 2. The van der Waals surface area contributed by atoms with Gasteiger partial charge in [-0.3, -0.25) is 4.79 Å². The lowest BCUT2D eigenvalue weighted by atomic mass is 10.2. The largest absolute Gasteiger partial charge is 0.481 e. The van der Waals surface area contributed by atoms with Crippen molar-refractivity contribution >= 4 is 45.9 Å². The maximum Gasteiger partial charge on any atom is 0.328 e. The standard InChI is InChI=1S/C20H21NO7S2.ClH/c21-18(9-10-19(22)23)20(24)28-15-3-1-13(2-4-15)27-14-5-7-17(8-6-14)30(25,26)12-16-11-29-16;/h1-8,16,18H,9-12,21H2,(H,22,23);1H/t16?,18-;/m0./s1. The number of aliphatic carboxylic acids is 1. The van der Waals surface area contributed by atoms with Crippen LogP contribution < -0.4 is 15.2 Å². The molecule has 1 unspecified atom stereocenters. The number of esters is 1. The zero-order chi connectivity index (χ0) is 21.7. The summed E-state index contributed by atoms with van der Waals surface area (Å²) in [6, 6.07) is 11.4. The molecule has 0 amide bonds. The Kier molecular flexibility index (Phi) is 8.75. The molecule has 31 heavy (non-hydrogen) atoms. The predicted octanol–water partition coefficient (Wildman–Crippen LogP) is 2.89. The zero-order valence-corrected chi connectivity index (χ0v) is 18.8. The molecular weight excluding hydrogens is 466 g/mol. The third-order valence-electron chi connectivity index (χ3n) is 4.24. The molecule has 1 aliphatic rings. The quantitative estimate of drug-likeness (QED) is 0.294. The number of carboxylic acids is 1. The highest BCUT2D eigenvalue weighted by Crippen LogP contribution is 2.33. The van der Waals surface area contributed by atoms with Gasteiger partial charge in [0.2, 0.25) is 0 Å². The minimum atomic E-state index is -3.29. The maximum absolute atomic E-state index is 12.3. The molecule has 8 nitrogen and oxygen atoms in total. The minimum Gasteiger partial charge on any atom is -0.481 e. The molecule has 3 N–H and O–H groups in total. The average Bonchev–Trinajstić information content (AvgIpc) is 3.51. The van der Waals surface area contributed by atoms with E-state index < -0.39 is 27.8 Å². The van der Waals surface area contributed by atoms with Crippen LogP contribution >= 0.6 is 24.2 Å². The highest BCUT2D eigenvalue weighted by atomic mass is 35.5. The van der Waals surface area contributed by atoms with Crippen molar-refractivity contribution in [3.05, 3.63) is 48.5 Å². The number of sulfone groups is 1. The number of thioether (sulfide) groups is 1. The van der Waals surface area contributed by atoms with E-state index in [0.717, 1.165) is 5.75 Å². The second kappa shape index (κ2) is 10.9. The number of halogens is 1. The molecule has 0 radical (unpaired) electrons.